The first kappa shape index (κ1) is 22.8. The molecule has 0 radical (unpaired) electrons. The average Bonchev–Trinajstić information content (AvgIpc) is 3.40. The number of rotatable bonds is 5. The van der Waals surface area contributed by atoms with Crippen LogP contribution in [-0.2, 0) is 18.8 Å². The van der Waals surface area contributed by atoms with Crippen molar-refractivity contribution in [2.75, 3.05) is 0 Å². The number of benzene rings is 3. The standard InChI is InChI=1S/C31H27N5O2/c32-31(15-6-16-31)23-13-11-21(12-14-23)28-25(20-7-2-1-3-8-20)17-26-30(33-28)38-19-27-34-35-29(36(26)27)24-10-5-4-9-22(24)18-37/h1-5,7-14,17,37H,6,15-16,18-19,32H2. The number of fused-ring (bicyclic) bond motifs is 3. The molecule has 7 heteroatoms. The normalized spacial score (nSPS) is 15.2. The molecule has 2 aliphatic rings. The summed E-state index contributed by atoms with van der Waals surface area (Å²) in [5.41, 5.74) is 13.8. The molecule has 1 aliphatic heterocycles. The van der Waals surface area contributed by atoms with Gasteiger partial charge in [0.1, 0.15) is 5.69 Å². The van der Waals surface area contributed by atoms with E-state index in [1.54, 1.807) is 0 Å². The van der Waals surface area contributed by atoms with Crippen LogP contribution >= 0.6 is 0 Å². The lowest BCUT2D eigenvalue weighted by atomic mass is 9.72. The highest BCUT2D eigenvalue weighted by Gasteiger charge is 2.34. The fourth-order valence-corrected chi connectivity index (χ4v) is 5.46. The van der Waals surface area contributed by atoms with Crippen molar-refractivity contribution in [2.24, 2.45) is 5.73 Å². The number of nitrogens with two attached hydrogens (primary N) is 1. The van der Waals surface area contributed by atoms with E-state index < -0.39 is 0 Å². The number of ether oxygens (including phenoxy) is 1. The molecule has 7 rings (SSSR count). The summed E-state index contributed by atoms with van der Waals surface area (Å²) < 4.78 is 8.10. The Morgan fingerprint density at radius 2 is 1.63 bits per heavy atom. The summed E-state index contributed by atoms with van der Waals surface area (Å²) in [4.78, 5) is 5.06. The second kappa shape index (κ2) is 8.90. The van der Waals surface area contributed by atoms with Gasteiger partial charge in [-0.3, -0.25) is 4.57 Å². The number of hydrogen-bond acceptors (Lipinski definition) is 6. The van der Waals surface area contributed by atoms with Gasteiger partial charge >= 0.3 is 0 Å². The fourth-order valence-electron chi connectivity index (χ4n) is 5.46. The predicted molar refractivity (Wildman–Crippen MR) is 145 cm³/mol. The third-order valence-corrected chi connectivity index (χ3v) is 7.77. The van der Waals surface area contributed by atoms with Gasteiger partial charge in [-0.2, -0.15) is 0 Å². The Morgan fingerprint density at radius 3 is 2.37 bits per heavy atom. The van der Waals surface area contributed by atoms with Crippen LogP contribution in [0.1, 0.15) is 36.2 Å². The third kappa shape index (κ3) is 3.62. The summed E-state index contributed by atoms with van der Waals surface area (Å²) in [5.74, 6) is 1.86. The molecule has 5 aromatic rings. The van der Waals surface area contributed by atoms with Crippen molar-refractivity contribution in [3.63, 3.8) is 0 Å². The van der Waals surface area contributed by atoms with Crippen LogP contribution in [0.5, 0.6) is 5.88 Å². The molecular formula is C31H27N5O2. The first-order valence-corrected chi connectivity index (χ1v) is 12.9. The zero-order valence-electron chi connectivity index (χ0n) is 20.8. The number of hydrogen-bond donors (Lipinski definition) is 2. The second-order valence-corrected chi connectivity index (χ2v) is 10.0. The lowest BCUT2D eigenvalue weighted by Gasteiger charge is -2.38. The fraction of sp³-hybridized carbons (Fsp3) is 0.194. The van der Waals surface area contributed by atoms with Crippen LogP contribution in [0.25, 0.3) is 39.5 Å². The zero-order valence-corrected chi connectivity index (χ0v) is 20.8. The molecule has 0 bridgehead atoms. The van der Waals surface area contributed by atoms with Crippen LogP contribution in [0.3, 0.4) is 0 Å². The summed E-state index contributed by atoms with van der Waals surface area (Å²) >= 11 is 0. The molecule has 3 N–H and O–H groups in total. The van der Waals surface area contributed by atoms with E-state index in [9.17, 15) is 5.11 Å². The van der Waals surface area contributed by atoms with Crippen molar-refractivity contribution in [3.05, 3.63) is 102 Å². The van der Waals surface area contributed by atoms with Gasteiger partial charge in [0.05, 0.1) is 12.3 Å². The number of aromatic nitrogens is 4. The van der Waals surface area contributed by atoms with Gasteiger partial charge in [-0.05, 0) is 42.0 Å². The maximum Gasteiger partial charge on any atom is 0.239 e. The Balaban J connectivity index is 1.41. The Morgan fingerprint density at radius 1 is 0.868 bits per heavy atom. The van der Waals surface area contributed by atoms with Crippen molar-refractivity contribution in [2.45, 2.75) is 38.0 Å². The van der Waals surface area contributed by atoms with E-state index >= 15 is 0 Å². The summed E-state index contributed by atoms with van der Waals surface area (Å²) in [6.45, 7) is 0.168. The molecule has 0 saturated heterocycles. The van der Waals surface area contributed by atoms with E-state index in [1.807, 2.05) is 47.0 Å². The number of aliphatic hydroxyl groups excluding tert-OH is 1. The minimum absolute atomic E-state index is 0.0890. The molecule has 0 amide bonds. The predicted octanol–water partition coefficient (Wildman–Crippen LogP) is 5.39. The molecule has 0 spiro atoms. The number of pyridine rings is 1. The summed E-state index contributed by atoms with van der Waals surface area (Å²) in [6, 6.07) is 28.5. The van der Waals surface area contributed by atoms with E-state index in [4.69, 9.17) is 15.5 Å². The minimum atomic E-state index is -0.209. The van der Waals surface area contributed by atoms with Crippen molar-refractivity contribution < 1.29 is 9.84 Å². The smallest absolute Gasteiger partial charge is 0.239 e. The van der Waals surface area contributed by atoms with Gasteiger partial charge in [-0.25, -0.2) is 4.98 Å². The van der Waals surface area contributed by atoms with Gasteiger partial charge in [-0.15, -0.1) is 10.2 Å². The first-order chi connectivity index (χ1) is 18.6. The maximum absolute atomic E-state index is 9.96. The second-order valence-electron chi connectivity index (χ2n) is 10.0. The van der Waals surface area contributed by atoms with Crippen molar-refractivity contribution in [3.8, 4) is 45.3 Å². The van der Waals surface area contributed by atoms with Gasteiger partial charge in [0, 0.05) is 22.2 Å². The number of nitrogens with zero attached hydrogens (tertiary/aromatic N) is 4. The van der Waals surface area contributed by atoms with E-state index in [2.05, 4.69) is 52.7 Å². The molecule has 38 heavy (non-hydrogen) atoms. The molecular weight excluding hydrogens is 474 g/mol. The molecule has 2 aromatic heterocycles. The van der Waals surface area contributed by atoms with Gasteiger partial charge < -0.3 is 15.6 Å². The molecule has 1 saturated carbocycles. The highest BCUT2D eigenvalue weighted by molar-refractivity contribution is 5.84. The number of aliphatic hydroxyl groups is 1. The lowest BCUT2D eigenvalue weighted by molar-refractivity contribution is 0.253. The average molecular weight is 502 g/mol. The third-order valence-electron chi connectivity index (χ3n) is 7.77. The highest BCUT2D eigenvalue weighted by Crippen LogP contribution is 2.42. The molecule has 3 heterocycles. The molecule has 188 valence electrons. The molecule has 7 nitrogen and oxygen atoms in total. The Bertz CT molecular complexity index is 1640. The SMILES string of the molecule is NC1(c2ccc(-c3nc4c(cc3-c3ccccc3)-n3c(nnc3-c3ccccc3CO)CO4)cc2)CCC1. The van der Waals surface area contributed by atoms with Gasteiger partial charge in [-0.1, -0.05) is 78.9 Å². The van der Waals surface area contributed by atoms with Gasteiger partial charge in [0.2, 0.25) is 5.88 Å². The van der Waals surface area contributed by atoms with Crippen LogP contribution in [0.2, 0.25) is 0 Å². The maximum atomic E-state index is 9.96. The molecule has 3 aromatic carbocycles. The van der Waals surface area contributed by atoms with Crippen molar-refractivity contribution in [1.82, 2.24) is 19.7 Å². The Kier molecular flexibility index (Phi) is 5.35. The Hall–Kier alpha value is -4.33. The van der Waals surface area contributed by atoms with Crippen LogP contribution in [0.4, 0.5) is 0 Å². The van der Waals surface area contributed by atoms with Crippen LogP contribution in [0.15, 0.2) is 84.9 Å². The largest absolute Gasteiger partial charge is 0.468 e. The lowest BCUT2D eigenvalue weighted by Crippen LogP contribution is -2.43. The van der Waals surface area contributed by atoms with Gasteiger partial charge in [0.15, 0.2) is 18.3 Å². The quantitative estimate of drug-likeness (QED) is 0.335. The van der Waals surface area contributed by atoms with Crippen LogP contribution < -0.4 is 10.5 Å². The van der Waals surface area contributed by atoms with Crippen molar-refractivity contribution >= 4 is 0 Å². The summed E-state index contributed by atoms with van der Waals surface area (Å²) in [7, 11) is 0. The van der Waals surface area contributed by atoms with Gasteiger partial charge in [0.25, 0.3) is 0 Å². The summed E-state index contributed by atoms with van der Waals surface area (Å²) in [5, 5.41) is 18.8. The highest BCUT2D eigenvalue weighted by atomic mass is 16.5. The monoisotopic (exact) mass is 501 g/mol. The summed E-state index contributed by atoms with van der Waals surface area (Å²) in [6.07, 6.45) is 3.22. The van der Waals surface area contributed by atoms with Crippen LogP contribution in [0, 0.1) is 0 Å². The molecule has 0 unspecified atom stereocenters. The van der Waals surface area contributed by atoms with E-state index in [0.717, 1.165) is 52.0 Å². The van der Waals surface area contributed by atoms with E-state index in [1.165, 1.54) is 12.0 Å². The molecule has 0 atom stereocenters. The first-order valence-electron chi connectivity index (χ1n) is 12.9. The molecule has 1 aliphatic carbocycles. The Labute approximate surface area is 220 Å². The topological polar surface area (TPSA) is 99.1 Å². The van der Waals surface area contributed by atoms with E-state index in [0.29, 0.717) is 17.5 Å². The zero-order chi connectivity index (χ0) is 25.7. The van der Waals surface area contributed by atoms with Crippen LogP contribution in [-0.4, -0.2) is 24.9 Å². The van der Waals surface area contributed by atoms with Crippen molar-refractivity contribution in [1.29, 1.82) is 0 Å². The van der Waals surface area contributed by atoms with E-state index in [-0.39, 0.29) is 18.8 Å². The minimum Gasteiger partial charge on any atom is -0.468 e. The molecule has 1 fully saturated rings.